The van der Waals surface area contributed by atoms with Gasteiger partial charge in [-0.2, -0.15) is 0 Å². The Balaban J connectivity index is 2.84. The monoisotopic (exact) mass is 177 g/mol. The van der Waals surface area contributed by atoms with Crippen molar-refractivity contribution in [1.82, 2.24) is 5.73 Å². The minimum Gasteiger partial charge on any atom is -0.326 e. The fourth-order valence-corrected chi connectivity index (χ4v) is 1.18. The maximum Gasteiger partial charge on any atom is 0.221 e. The number of benzene rings is 1. The van der Waals surface area contributed by atoms with Crippen LogP contribution in [0.1, 0.15) is 12.5 Å². The second-order valence-electron chi connectivity index (χ2n) is 2.84. The molecule has 0 saturated carbocycles. The van der Waals surface area contributed by atoms with E-state index in [1.165, 1.54) is 6.92 Å². The summed E-state index contributed by atoms with van der Waals surface area (Å²) in [6.07, 6.45) is 0.677. The third-order valence-electron chi connectivity index (χ3n) is 1.72. The van der Waals surface area contributed by atoms with Crippen molar-refractivity contribution < 1.29 is 4.79 Å². The van der Waals surface area contributed by atoms with Crippen LogP contribution in [0.2, 0.25) is 0 Å². The lowest BCUT2D eigenvalue weighted by atomic mass is 10.1. The van der Waals surface area contributed by atoms with Gasteiger partial charge in [-0.1, -0.05) is 18.2 Å². The molecule has 0 aliphatic rings. The number of carbonyl (C=O) groups excluding carboxylic acids is 1. The molecule has 1 radical (unpaired) electrons. The van der Waals surface area contributed by atoms with Gasteiger partial charge in [0.1, 0.15) is 0 Å². The van der Waals surface area contributed by atoms with Crippen LogP contribution in [-0.4, -0.2) is 12.5 Å². The summed E-state index contributed by atoms with van der Waals surface area (Å²) in [6, 6.07) is 7.57. The Hall–Kier alpha value is -1.35. The number of hydrogen-bond acceptors (Lipinski definition) is 1. The van der Waals surface area contributed by atoms with Gasteiger partial charge < -0.3 is 5.32 Å². The topological polar surface area (TPSA) is 52.9 Å². The molecule has 3 nitrogen and oxygen atoms in total. The lowest BCUT2D eigenvalue weighted by Crippen LogP contribution is -2.08. The maximum atomic E-state index is 10.8. The van der Waals surface area contributed by atoms with Crippen molar-refractivity contribution in [3.8, 4) is 0 Å². The molecule has 0 spiro atoms. The van der Waals surface area contributed by atoms with E-state index < -0.39 is 0 Å². The first-order valence-electron chi connectivity index (χ1n) is 4.24. The molecular formula is C10H13N2O. The molecule has 1 rings (SSSR count). The van der Waals surface area contributed by atoms with Crippen LogP contribution in [0.15, 0.2) is 24.3 Å². The zero-order valence-corrected chi connectivity index (χ0v) is 7.63. The second kappa shape index (κ2) is 4.62. The number of rotatable bonds is 3. The van der Waals surface area contributed by atoms with Crippen molar-refractivity contribution in [1.29, 1.82) is 0 Å². The van der Waals surface area contributed by atoms with E-state index in [1.807, 2.05) is 24.3 Å². The molecule has 0 atom stereocenters. The van der Waals surface area contributed by atoms with E-state index in [4.69, 9.17) is 5.73 Å². The fraction of sp³-hybridized carbons (Fsp3) is 0.300. The molecule has 0 saturated heterocycles. The minimum absolute atomic E-state index is 0.0718. The molecule has 1 aromatic rings. The van der Waals surface area contributed by atoms with Crippen molar-refractivity contribution in [2.24, 2.45) is 0 Å². The van der Waals surface area contributed by atoms with Crippen molar-refractivity contribution in [3.63, 3.8) is 0 Å². The Kier molecular flexibility index (Phi) is 3.46. The van der Waals surface area contributed by atoms with Gasteiger partial charge in [-0.15, -0.1) is 0 Å². The van der Waals surface area contributed by atoms with Crippen LogP contribution >= 0.6 is 0 Å². The molecular weight excluding hydrogens is 164 g/mol. The van der Waals surface area contributed by atoms with Gasteiger partial charge in [-0.05, 0) is 18.1 Å². The second-order valence-corrected chi connectivity index (χ2v) is 2.84. The molecule has 2 N–H and O–H groups in total. The van der Waals surface area contributed by atoms with Crippen molar-refractivity contribution in [3.05, 3.63) is 29.8 Å². The number of para-hydroxylation sites is 1. The quantitative estimate of drug-likeness (QED) is 0.746. The smallest absolute Gasteiger partial charge is 0.221 e. The van der Waals surface area contributed by atoms with Crippen LogP contribution in [0, 0.1) is 0 Å². The lowest BCUT2D eigenvalue weighted by Gasteiger charge is -2.07. The van der Waals surface area contributed by atoms with Gasteiger partial charge in [-0.25, -0.2) is 0 Å². The fourth-order valence-electron chi connectivity index (χ4n) is 1.18. The number of nitrogens with one attached hydrogen (secondary N) is 2. The van der Waals surface area contributed by atoms with Gasteiger partial charge in [0.05, 0.1) is 0 Å². The van der Waals surface area contributed by atoms with Crippen molar-refractivity contribution in [2.75, 3.05) is 11.9 Å². The minimum atomic E-state index is -0.0718. The predicted molar refractivity (Wildman–Crippen MR) is 52.4 cm³/mol. The highest BCUT2D eigenvalue weighted by atomic mass is 16.1. The van der Waals surface area contributed by atoms with E-state index in [1.54, 1.807) is 0 Å². The summed E-state index contributed by atoms with van der Waals surface area (Å²) in [7, 11) is 0. The van der Waals surface area contributed by atoms with Gasteiger partial charge in [-0.3, -0.25) is 10.5 Å². The summed E-state index contributed by atoms with van der Waals surface area (Å²) < 4.78 is 0. The number of amides is 1. The molecule has 1 aromatic carbocycles. The summed E-state index contributed by atoms with van der Waals surface area (Å²) in [6.45, 7) is 1.83. The largest absolute Gasteiger partial charge is 0.326 e. The molecule has 13 heavy (non-hydrogen) atoms. The van der Waals surface area contributed by atoms with Gasteiger partial charge in [0, 0.05) is 19.2 Å². The highest BCUT2D eigenvalue weighted by Crippen LogP contribution is 2.14. The molecule has 1 amide bonds. The molecule has 0 aromatic heterocycles. The molecule has 69 valence electrons. The van der Waals surface area contributed by atoms with Gasteiger partial charge in [0.2, 0.25) is 5.91 Å². The number of hydrogen-bond donors (Lipinski definition) is 1. The summed E-state index contributed by atoms with van der Waals surface area (Å²) in [5.74, 6) is -0.0718. The third kappa shape index (κ3) is 2.87. The van der Waals surface area contributed by atoms with E-state index in [0.717, 1.165) is 11.3 Å². The molecule has 0 aliphatic heterocycles. The van der Waals surface area contributed by atoms with Crippen molar-refractivity contribution in [2.45, 2.75) is 13.3 Å². The van der Waals surface area contributed by atoms with Gasteiger partial charge in [0.25, 0.3) is 0 Å². The van der Waals surface area contributed by atoms with E-state index in [0.29, 0.717) is 13.0 Å². The highest BCUT2D eigenvalue weighted by molar-refractivity contribution is 5.89. The van der Waals surface area contributed by atoms with Gasteiger partial charge >= 0.3 is 0 Å². The molecule has 0 unspecified atom stereocenters. The Labute approximate surface area is 77.9 Å². The van der Waals surface area contributed by atoms with E-state index in [9.17, 15) is 4.79 Å². The van der Waals surface area contributed by atoms with Crippen LogP contribution < -0.4 is 11.1 Å². The average molecular weight is 177 g/mol. The van der Waals surface area contributed by atoms with Crippen LogP contribution in [0.3, 0.4) is 0 Å². The third-order valence-corrected chi connectivity index (χ3v) is 1.72. The maximum absolute atomic E-state index is 10.8. The zero-order valence-electron chi connectivity index (χ0n) is 7.63. The van der Waals surface area contributed by atoms with Crippen molar-refractivity contribution >= 4 is 11.6 Å². The normalized spacial score (nSPS) is 9.69. The molecule has 0 heterocycles. The first-order chi connectivity index (χ1) is 6.24. The summed E-state index contributed by atoms with van der Waals surface area (Å²) in [5, 5.41) is 2.74. The molecule has 0 fully saturated rings. The Morgan fingerprint density at radius 2 is 2.15 bits per heavy atom. The Bertz CT molecular complexity index is 297. The Morgan fingerprint density at radius 1 is 1.46 bits per heavy atom. The van der Waals surface area contributed by atoms with Crippen LogP contribution in [0.4, 0.5) is 5.69 Å². The van der Waals surface area contributed by atoms with E-state index in [-0.39, 0.29) is 5.91 Å². The first kappa shape index (κ1) is 9.74. The predicted octanol–water partition coefficient (Wildman–Crippen LogP) is 1.47. The lowest BCUT2D eigenvalue weighted by molar-refractivity contribution is -0.114. The van der Waals surface area contributed by atoms with Gasteiger partial charge in [0.15, 0.2) is 0 Å². The van der Waals surface area contributed by atoms with E-state index in [2.05, 4.69) is 5.32 Å². The standard InChI is InChI=1S/C10H13N2O/c1-8(13)12-10-5-3-2-4-9(10)6-7-11/h2-5,11H,6-7H2,1H3,(H,12,13). The summed E-state index contributed by atoms with van der Waals surface area (Å²) in [4.78, 5) is 10.8. The highest BCUT2D eigenvalue weighted by Gasteiger charge is 2.01. The zero-order chi connectivity index (χ0) is 9.68. The average Bonchev–Trinajstić information content (AvgIpc) is 2.08. The van der Waals surface area contributed by atoms with Crippen LogP contribution in [0.25, 0.3) is 0 Å². The van der Waals surface area contributed by atoms with Crippen LogP contribution in [-0.2, 0) is 11.2 Å². The van der Waals surface area contributed by atoms with E-state index >= 15 is 0 Å². The van der Waals surface area contributed by atoms with Crippen LogP contribution in [0.5, 0.6) is 0 Å². The summed E-state index contributed by atoms with van der Waals surface area (Å²) in [5.41, 5.74) is 8.95. The number of anilines is 1. The molecule has 0 bridgehead atoms. The Morgan fingerprint density at radius 3 is 2.77 bits per heavy atom. The summed E-state index contributed by atoms with van der Waals surface area (Å²) >= 11 is 0. The SMILES string of the molecule is CC(=O)Nc1ccccc1CC[NH]. The molecule has 3 heteroatoms. The number of carbonyl (C=O) groups is 1. The molecule has 0 aliphatic carbocycles. The first-order valence-corrected chi connectivity index (χ1v) is 4.24.